The van der Waals surface area contributed by atoms with Gasteiger partial charge in [-0.15, -0.1) is 0 Å². The van der Waals surface area contributed by atoms with E-state index in [-0.39, 0.29) is 0 Å². The van der Waals surface area contributed by atoms with Gasteiger partial charge in [0.05, 0.1) is 0 Å². The molecule has 0 aliphatic heterocycles. The van der Waals surface area contributed by atoms with Gasteiger partial charge in [0.1, 0.15) is 19.7 Å². The highest BCUT2D eigenvalue weighted by Gasteiger charge is 2.33. The summed E-state index contributed by atoms with van der Waals surface area (Å²) in [6.45, 7) is 5.45. The van der Waals surface area contributed by atoms with Crippen LogP contribution in [0.5, 0.6) is 0 Å². The molecule has 1 amide bonds. The minimum Gasteiger partial charge on any atom is -0.433 e. The number of quaternary nitrogens is 1. The van der Waals surface area contributed by atoms with Crippen molar-refractivity contribution in [1.82, 2.24) is 0 Å². The first-order valence-electron chi connectivity index (χ1n) is 3.43. The molecule has 0 spiro atoms. The molecule has 0 rings (SSSR count). The summed E-state index contributed by atoms with van der Waals surface area (Å²) in [4.78, 5) is 15.8. The van der Waals surface area contributed by atoms with Crippen molar-refractivity contribution in [3.05, 3.63) is 0 Å². The fourth-order valence-corrected chi connectivity index (χ4v) is 0.724. The molecule has 0 bridgehead atoms. The second-order valence-electron chi connectivity index (χ2n) is 3.84. The molecular formula is C7H16NO3+. The second-order valence-corrected chi connectivity index (χ2v) is 3.84. The number of rotatable bonds is 1. The fraction of sp³-hybridized carbons (Fsp3) is 0.857. The van der Waals surface area contributed by atoms with E-state index >= 15 is 0 Å². The summed E-state index contributed by atoms with van der Waals surface area (Å²) in [7, 11) is 2.96. The maximum atomic E-state index is 10.5. The van der Waals surface area contributed by atoms with Crippen LogP contribution in [0, 0.1) is 0 Å². The van der Waals surface area contributed by atoms with Crippen LogP contribution in [0.3, 0.4) is 0 Å². The lowest BCUT2D eigenvalue weighted by Crippen LogP contribution is -2.49. The lowest BCUT2D eigenvalue weighted by molar-refractivity contribution is -1.03. The zero-order valence-corrected chi connectivity index (χ0v) is 7.71. The van der Waals surface area contributed by atoms with Gasteiger partial charge in [0.2, 0.25) is 0 Å². The van der Waals surface area contributed by atoms with Crippen molar-refractivity contribution in [2.45, 2.75) is 26.4 Å². The molecule has 0 saturated carbocycles. The standard InChI is InChI=1S/C7H15NO3/c1-7(2,3)11-8(4,5)6(9)10/h1-5H3/p+1. The van der Waals surface area contributed by atoms with Crippen molar-refractivity contribution in [3.63, 3.8) is 0 Å². The maximum absolute atomic E-state index is 10.5. The summed E-state index contributed by atoms with van der Waals surface area (Å²) in [6.07, 6.45) is -1.00. The molecule has 0 radical (unpaired) electrons. The lowest BCUT2D eigenvalue weighted by atomic mass is 10.2. The van der Waals surface area contributed by atoms with Gasteiger partial charge in [-0.05, 0) is 20.8 Å². The van der Waals surface area contributed by atoms with E-state index in [9.17, 15) is 4.79 Å². The van der Waals surface area contributed by atoms with Crippen LogP contribution in [0.4, 0.5) is 4.79 Å². The average Bonchev–Trinajstić information content (AvgIpc) is 1.56. The Hall–Kier alpha value is -0.610. The quantitative estimate of drug-likeness (QED) is 0.469. The first-order chi connectivity index (χ1) is 4.65. The Morgan fingerprint density at radius 2 is 1.73 bits per heavy atom. The summed E-state index contributed by atoms with van der Waals surface area (Å²) in [5.41, 5.74) is -0.443. The number of amides is 1. The summed E-state index contributed by atoms with van der Waals surface area (Å²) in [6, 6.07) is 0. The number of hydroxylamine groups is 3. The summed E-state index contributed by atoms with van der Waals surface area (Å²) < 4.78 is -0.469. The van der Waals surface area contributed by atoms with Crippen molar-refractivity contribution in [2.24, 2.45) is 0 Å². The van der Waals surface area contributed by atoms with Crippen molar-refractivity contribution < 1.29 is 19.4 Å². The number of carbonyl (C=O) groups is 1. The van der Waals surface area contributed by atoms with Gasteiger partial charge in [-0.2, -0.15) is 9.63 Å². The molecule has 1 N–H and O–H groups in total. The van der Waals surface area contributed by atoms with E-state index in [4.69, 9.17) is 9.94 Å². The lowest BCUT2D eigenvalue weighted by Gasteiger charge is -2.28. The van der Waals surface area contributed by atoms with E-state index in [1.807, 2.05) is 20.8 Å². The first-order valence-corrected chi connectivity index (χ1v) is 3.43. The van der Waals surface area contributed by atoms with Crippen molar-refractivity contribution in [1.29, 1.82) is 0 Å². The third-order valence-electron chi connectivity index (χ3n) is 0.963. The monoisotopic (exact) mass is 162 g/mol. The predicted molar refractivity (Wildman–Crippen MR) is 41.0 cm³/mol. The molecule has 0 unspecified atom stereocenters. The van der Waals surface area contributed by atoms with Gasteiger partial charge in [0, 0.05) is 0 Å². The molecule has 0 fully saturated rings. The molecule has 11 heavy (non-hydrogen) atoms. The van der Waals surface area contributed by atoms with Gasteiger partial charge in [0.15, 0.2) is 0 Å². The van der Waals surface area contributed by atoms with Gasteiger partial charge in [-0.1, -0.05) is 4.65 Å². The molecule has 0 aromatic carbocycles. The highest BCUT2D eigenvalue weighted by Crippen LogP contribution is 2.13. The number of hydrogen-bond acceptors (Lipinski definition) is 2. The van der Waals surface area contributed by atoms with E-state index < -0.39 is 16.3 Å². The third kappa shape index (κ3) is 3.95. The molecule has 0 aromatic heterocycles. The molecule has 66 valence electrons. The molecule has 0 aromatic rings. The largest absolute Gasteiger partial charge is 0.546 e. The SMILES string of the molecule is CC(C)(C)O[N+](C)(C)C(=O)O. The van der Waals surface area contributed by atoms with Crippen LogP contribution in [0.1, 0.15) is 20.8 Å². The number of carboxylic acid groups (broad SMARTS) is 1. The summed E-state index contributed by atoms with van der Waals surface area (Å²) in [5, 5.41) is 8.65. The highest BCUT2D eigenvalue weighted by molar-refractivity contribution is 5.55. The van der Waals surface area contributed by atoms with E-state index in [0.717, 1.165) is 0 Å². The number of nitrogens with zero attached hydrogens (tertiary/aromatic N) is 1. The first kappa shape index (κ1) is 10.4. The van der Waals surface area contributed by atoms with Gasteiger partial charge in [-0.3, -0.25) is 0 Å². The topological polar surface area (TPSA) is 46.5 Å². The van der Waals surface area contributed by atoms with Crippen molar-refractivity contribution >= 4 is 6.09 Å². The second kappa shape index (κ2) is 2.79. The molecule has 4 heteroatoms. The Morgan fingerprint density at radius 1 is 1.36 bits per heavy atom. The Morgan fingerprint density at radius 3 is 1.82 bits per heavy atom. The molecule has 0 aliphatic carbocycles. The van der Waals surface area contributed by atoms with Crippen molar-refractivity contribution in [2.75, 3.05) is 14.1 Å². The maximum Gasteiger partial charge on any atom is 0.546 e. The summed E-state index contributed by atoms with van der Waals surface area (Å²) in [5.74, 6) is 0. The van der Waals surface area contributed by atoms with Gasteiger partial charge in [-0.25, -0.2) is 0 Å². The molecule has 4 nitrogen and oxygen atoms in total. The third-order valence-corrected chi connectivity index (χ3v) is 0.963. The fourth-order valence-electron chi connectivity index (χ4n) is 0.724. The van der Waals surface area contributed by atoms with Gasteiger partial charge >= 0.3 is 6.09 Å². The zero-order valence-electron chi connectivity index (χ0n) is 7.71. The minimum atomic E-state index is -1.00. The Labute approximate surface area is 66.9 Å². The Balaban J connectivity index is 4.25. The molecule has 0 saturated heterocycles. The predicted octanol–water partition coefficient (Wildman–Crippen LogP) is 1.47. The number of hydrogen-bond donors (Lipinski definition) is 1. The smallest absolute Gasteiger partial charge is 0.433 e. The van der Waals surface area contributed by atoms with E-state index in [2.05, 4.69) is 0 Å². The molecule has 0 heterocycles. The van der Waals surface area contributed by atoms with Crippen LogP contribution < -0.4 is 0 Å². The van der Waals surface area contributed by atoms with Crippen molar-refractivity contribution in [3.8, 4) is 0 Å². The van der Waals surface area contributed by atoms with Crippen LogP contribution >= 0.6 is 0 Å². The van der Waals surface area contributed by atoms with Gasteiger partial charge < -0.3 is 5.11 Å². The molecule has 0 aliphatic rings. The van der Waals surface area contributed by atoms with E-state index in [1.165, 1.54) is 14.1 Å². The zero-order chi connectivity index (χ0) is 9.28. The average molecular weight is 162 g/mol. The summed E-state index contributed by atoms with van der Waals surface area (Å²) >= 11 is 0. The Bertz CT molecular complexity index is 158. The highest BCUT2D eigenvalue weighted by atomic mass is 16.8. The normalized spacial score (nSPS) is 13.2. The van der Waals surface area contributed by atoms with E-state index in [0.29, 0.717) is 0 Å². The van der Waals surface area contributed by atoms with E-state index in [1.54, 1.807) is 0 Å². The minimum absolute atomic E-state index is 0.443. The molecular weight excluding hydrogens is 146 g/mol. The van der Waals surface area contributed by atoms with Crippen LogP contribution in [0.25, 0.3) is 0 Å². The van der Waals surface area contributed by atoms with Gasteiger partial charge in [0.25, 0.3) is 0 Å². The van der Waals surface area contributed by atoms with Crippen LogP contribution in [0.15, 0.2) is 0 Å². The van der Waals surface area contributed by atoms with Crippen LogP contribution in [-0.4, -0.2) is 35.5 Å². The van der Waals surface area contributed by atoms with Crippen LogP contribution in [0.2, 0.25) is 0 Å². The van der Waals surface area contributed by atoms with Crippen LogP contribution in [-0.2, 0) is 4.84 Å². The Kier molecular flexibility index (Phi) is 2.64. The molecule has 0 atom stereocenters.